The van der Waals surface area contributed by atoms with Crippen LogP contribution in [-0.2, 0) is 0 Å². The molecule has 21 heavy (non-hydrogen) atoms. The molecule has 0 aromatic heterocycles. The lowest BCUT2D eigenvalue weighted by molar-refractivity contribution is -0.384. The van der Waals surface area contributed by atoms with E-state index < -0.39 is 28.0 Å². The summed E-state index contributed by atoms with van der Waals surface area (Å²) < 4.78 is 18.6. The topological polar surface area (TPSA) is 116 Å². The van der Waals surface area contributed by atoms with Gasteiger partial charge in [-0.1, -0.05) is 6.07 Å². The van der Waals surface area contributed by atoms with Crippen molar-refractivity contribution in [2.24, 2.45) is 0 Å². The predicted octanol–water partition coefficient (Wildman–Crippen LogP) is 2.81. The van der Waals surface area contributed by atoms with Gasteiger partial charge >= 0.3 is 5.97 Å². The third-order valence-electron chi connectivity index (χ3n) is 2.62. The molecule has 0 aliphatic heterocycles. The van der Waals surface area contributed by atoms with Gasteiger partial charge in [-0.25, -0.2) is 9.18 Å². The molecule has 0 saturated heterocycles. The number of nitrogens with zero attached hydrogens (tertiary/aromatic N) is 1. The van der Waals surface area contributed by atoms with Crippen LogP contribution in [0.1, 0.15) is 10.4 Å². The first-order valence-corrected chi connectivity index (χ1v) is 5.63. The van der Waals surface area contributed by atoms with Crippen molar-refractivity contribution in [3.63, 3.8) is 0 Å². The van der Waals surface area contributed by atoms with Gasteiger partial charge in [-0.05, 0) is 18.2 Å². The number of non-ortho nitro benzene ring substituents is 1. The highest BCUT2D eigenvalue weighted by atomic mass is 19.1. The first kappa shape index (κ1) is 14.3. The summed E-state index contributed by atoms with van der Waals surface area (Å²) in [4.78, 5) is 21.2. The number of anilines is 1. The molecule has 2 rings (SSSR count). The summed E-state index contributed by atoms with van der Waals surface area (Å²) in [7, 11) is 0. The van der Waals surface area contributed by atoms with Gasteiger partial charge < -0.3 is 15.6 Å². The van der Waals surface area contributed by atoms with Crippen LogP contribution in [0.2, 0.25) is 0 Å². The molecule has 8 heteroatoms. The van der Waals surface area contributed by atoms with Crippen molar-refractivity contribution in [2.45, 2.75) is 0 Å². The second kappa shape index (κ2) is 5.45. The number of aromatic carboxylic acids is 1. The normalized spacial score (nSPS) is 10.1. The number of carbonyl (C=O) groups is 1. The molecule has 0 atom stereocenters. The number of halogens is 1. The maximum Gasteiger partial charge on any atom is 0.341 e. The predicted molar refractivity (Wildman–Crippen MR) is 70.9 cm³/mol. The number of nitrogen functional groups attached to an aromatic ring is 1. The zero-order chi connectivity index (χ0) is 15.6. The van der Waals surface area contributed by atoms with Crippen LogP contribution in [0.4, 0.5) is 15.8 Å². The maximum atomic E-state index is 13.3. The third-order valence-corrected chi connectivity index (χ3v) is 2.62. The Morgan fingerprint density at radius 3 is 2.67 bits per heavy atom. The Bertz CT molecular complexity index is 732. The highest BCUT2D eigenvalue weighted by molar-refractivity contribution is 5.97. The molecule has 2 aromatic rings. The summed E-state index contributed by atoms with van der Waals surface area (Å²) in [5.74, 6) is -2.52. The molecule has 0 aliphatic rings. The number of ether oxygens (including phenoxy) is 1. The smallest absolute Gasteiger partial charge is 0.341 e. The highest BCUT2D eigenvalue weighted by Crippen LogP contribution is 2.32. The molecule has 0 bridgehead atoms. The van der Waals surface area contributed by atoms with E-state index in [1.165, 1.54) is 18.2 Å². The molecule has 0 spiro atoms. The summed E-state index contributed by atoms with van der Waals surface area (Å²) >= 11 is 0. The Hall–Kier alpha value is -3.16. The lowest BCUT2D eigenvalue weighted by Crippen LogP contribution is -2.07. The van der Waals surface area contributed by atoms with Crippen molar-refractivity contribution >= 4 is 17.3 Å². The van der Waals surface area contributed by atoms with Gasteiger partial charge in [-0.3, -0.25) is 10.1 Å². The number of hydrogen-bond acceptors (Lipinski definition) is 5. The first-order valence-electron chi connectivity index (χ1n) is 5.63. The molecule has 0 heterocycles. The Kier molecular flexibility index (Phi) is 3.70. The summed E-state index contributed by atoms with van der Waals surface area (Å²) in [5.41, 5.74) is 4.04. The minimum atomic E-state index is -1.47. The lowest BCUT2D eigenvalue weighted by atomic mass is 10.1. The van der Waals surface area contributed by atoms with Gasteiger partial charge in [0.25, 0.3) is 5.69 Å². The van der Waals surface area contributed by atoms with Crippen LogP contribution in [0.3, 0.4) is 0 Å². The molecule has 0 saturated carbocycles. The van der Waals surface area contributed by atoms with E-state index in [1.807, 2.05) is 0 Å². The standard InChI is InChI=1S/C13H9FN2O5/c14-9-4-5-10(11(12(9)15)13(17)18)21-8-3-1-2-7(6-8)16(19)20/h1-6H,15H2,(H,17,18). The number of rotatable bonds is 4. The number of hydrogen-bond donors (Lipinski definition) is 2. The van der Waals surface area contributed by atoms with Crippen LogP contribution in [0.15, 0.2) is 36.4 Å². The second-order valence-electron chi connectivity index (χ2n) is 4.00. The van der Waals surface area contributed by atoms with Crippen molar-refractivity contribution in [2.75, 3.05) is 5.73 Å². The number of carboxylic acids is 1. The zero-order valence-electron chi connectivity index (χ0n) is 10.4. The van der Waals surface area contributed by atoms with Crippen LogP contribution in [-0.4, -0.2) is 16.0 Å². The van der Waals surface area contributed by atoms with E-state index in [-0.39, 0.29) is 17.2 Å². The second-order valence-corrected chi connectivity index (χ2v) is 4.00. The summed E-state index contributed by atoms with van der Waals surface area (Å²) in [6.07, 6.45) is 0. The van der Waals surface area contributed by atoms with Gasteiger partial charge in [0, 0.05) is 6.07 Å². The summed E-state index contributed by atoms with van der Waals surface area (Å²) in [6.45, 7) is 0. The molecular weight excluding hydrogens is 283 g/mol. The van der Waals surface area contributed by atoms with E-state index in [2.05, 4.69) is 0 Å². The fourth-order valence-electron chi connectivity index (χ4n) is 1.67. The van der Waals surface area contributed by atoms with Crippen LogP contribution in [0, 0.1) is 15.9 Å². The minimum Gasteiger partial charge on any atom is -0.477 e. The zero-order valence-corrected chi connectivity index (χ0v) is 10.4. The molecule has 0 amide bonds. The van der Waals surface area contributed by atoms with Crippen LogP contribution in [0.25, 0.3) is 0 Å². The minimum absolute atomic E-state index is 0.0395. The molecule has 0 radical (unpaired) electrons. The average Bonchev–Trinajstić information content (AvgIpc) is 2.43. The highest BCUT2D eigenvalue weighted by Gasteiger charge is 2.19. The SMILES string of the molecule is Nc1c(F)ccc(Oc2cccc([N+](=O)[O-])c2)c1C(=O)O. The molecule has 3 N–H and O–H groups in total. The van der Waals surface area contributed by atoms with Gasteiger partial charge in [-0.15, -0.1) is 0 Å². The third kappa shape index (κ3) is 2.89. The number of nitrogens with two attached hydrogens (primary N) is 1. The van der Waals surface area contributed by atoms with E-state index >= 15 is 0 Å². The number of nitro groups is 1. The Labute approximate surface area is 117 Å². The fourth-order valence-corrected chi connectivity index (χ4v) is 1.67. The molecule has 0 fully saturated rings. The van der Waals surface area contributed by atoms with E-state index in [9.17, 15) is 19.3 Å². The van der Waals surface area contributed by atoms with Crippen molar-refractivity contribution in [3.8, 4) is 11.5 Å². The summed E-state index contributed by atoms with van der Waals surface area (Å²) in [5, 5.41) is 19.7. The average molecular weight is 292 g/mol. The Morgan fingerprint density at radius 2 is 2.05 bits per heavy atom. The van der Waals surface area contributed by atoms with Gasteiger partial charge in [0.1, 0.15) is 22.9 Å². The van der Waals surface area contributed by atoms with E-state index in [0.29, 0.717) is 0 Å². The largest absolute Gasteiger partial charge is 0.477 e. The van der Waals surface area contributed by atoms with Gasteiger partial charge in [0.2, 0.25) is 0 Å². The first-order chi connectivity index (χ1) is 9.90. The van der Waals surface area contributed by atoms with Crippen LogP contribution in [0.5, 0.6) is 11.5 Å². The fraction of sp³-hybridized carbons (Fsp3) is 0. The van der Waals surface area contributed by atoms with E-state index in [1.54, 1.807) is 0 Å². The Morgan fingerprint density at radius 1 is 1.33 bits per heavy atom. The molecule has 0 unspecified atom stereocenters. The molecule has 108 valence electrons. The molecular formula is C13H9FN2O5. The van der Waals surface area contributed by atoms with Crippen LogP contribution >= 0.6 is 0 Å². The van der Waals surface area contributed by atoms with Gasteiger partial charge in [0.05, 0.1) is 16.7 Å². The maximum absolute atomic E-state index is 13.3. The quantitative estimate of drug-likeness (QED) is 0.508. The van der Waals surface area contributed by atoms with Crippen LogP contribution < -0.4 is 10.5 Å². The summed E-state index contributed by atoms with van der Waals surface area (Å²) in [6, 6.07) is 7.19. The lowest BCUT2D eigenvalue weighted by Gasteiger charge is -2.11. The van der Waals surface area contributed by atoms with Crippen molar-refractivity contribution in [1.29, 1.82) is 0 Å². The van der Waals surface area contributed by atoms with Crippen molar-refractivity contribution in [3.05, 3.63) is 57.9 Å². The number of carboxylic acid groups (broad SMARTS) is 1. The van der Waals surface area contributed by atoms with E-state index in [4.69, 9.17) is 15.6 Å². The van der Waals surface area contributed by atoms with E-state index in [0.717, 1.165) is 18.2 Å². The van der Waals surface area contributed by atoms with Gasteiger partial charge in [-0.2, -0.15) is 0 Å². The molecule has 7 nitrogen and oxygen atoms in total. The van der Waals surface area contributed by atoms with Crippen molar-refractivity contribution in [1.82, 2.24) is 0 Å². The number of benzene rings is 2. The Balaban J connectivity index is 2.45. The van der Waals surface area contributed by atoms with Crippen molar-refractivity contribution < 1.29 is 24.0 Å². The molecule has 2 aromatic carbocycles. The number of nitro benzene ring substituents is 1. The monoisotopic (exact) mass is 292 g/mol. The van der Waals surface area contributed by atoms with Gasteiger partial charge in [0.15, 0.2) is 0 Å². The molecule has 0 aliphatic carbocycles.